The van der Waals surface area contributed by atoms with E-state index in [0.29, 0.717) is 6.54 Å². The van der Waals surface area contributed by atoms with Crippen molar-refractivity contribution in [2.75, 3.05) is 18.5 Å². The second kappa shape index (κ2) is 7.41. The quantitative estimate of drug-likeness (QED) is 0.775. The van der Waals surface area contributed by atoms with E-state index < -0.39 is 0 Å². The Morgan fingerprint density at radius 1 is 1.30 bits per heavy atom. The molecule has 0 spiro atoms. The highest BCUT2D eigenvalue weighted by atomic mass is 32.1. The molecule has 1 aromatic carbocycles. The maximum absolute atomic E-state index is 14.1. The van der Waals surface area contributed by atoms with Crippen molar-refractivity contribution in [2.45, 2.75) is 26.4 Å². The van der Waals surface area contributed by atoms with Crippen LogP contribution in [0.3, 0.4) is 0 Å². The molecule has 0 radical (unpaired) electrons. The van der Waals surface area contributed by atoms with E-state index in [4.69, 9.17) is 0 Å². The maximum Gasteiger partial charge on any atom is 0.129 e. The van der Waals surface area contributed by atoms with Crippen LogP contribution in [0.5, 0.6) is 0 Å². The van der Waals surface area contributed by atoms with Crippen LogP contribution in [0.15, 0.2) is 35.0 Å². The molecular formula is C16H21FN2S. The SMILES string of the molecule is CCCNCc1c(F)cccc1N(C)Cc1ccsc1. The first kappa shape index (κ1) is 15.0. The number of anilines is 1. The Kier molecular flexibility index (Phi) is 5.56. The normalized spacial score (nSPS) is 10.8. The van der Waals surface area contributed by atoms with Crippen LogP contribution >= 0.6 is 11.3 Å². The van der Waals surface area contributed by atoms with Crippen molar-refractivity contribution >= 4 is 17.0 Å². The van der Waals surface area contributed by atoms with Crippen LogP contribution in [0, 0.1) is 5.82 Å². The molecule has 0 aliphatic heterocycles. The minimum atomic E-state index is -0.136. The van der Waals surface area contributed by atoms with E-state index in [0.717, 1.165) is 30.8 Å². The fourth-order valence-electron chi connectivity index (χ4n) is 2.21. The summed E-state index contributed by atoms with van der Waals surface area (Å²) in [5, 5.41) is 7.48. The molecular weight excluding hydrogens is 271 g/mol. The third-order valence-corrected chi connectivity index (χ3v) is 3.97. The first-order valence-corrected chi connectivity index (χ1v) is 7.87. The molecule has 0 fully saturated rings. The predicted octanol–water partition coefficient (Wildman–Crippen LogP) is 4.02. The van der Waals surface area contributed by atoms with Crippen molar-refractivity contribution in [3.05, 3.63) is 52.0 Å². The number of thiophene rings is 1. The van der Waals surface area contributed by atoms with E-state index >= 15 is 0 Å². The Balaban J connectivity index is 2.14. The predicted molar refractivity (Wildman–Crippen MR) is 84.8 cm³/mol. The van der Waals surface area contributed by atoms with Crippen molar-refractivity contribution in [3.8, 4) is 0 Å². The lowest BCUT2D eigenvalue weighted by Gasteiger charge is -2.22. The summed E-state index contributed by atoms with van der Waals surface area (Å²) in [6, 6.07) is 7.40. The van der Waals surface area contributed by atoms with E-state index in [1.165, 1.54) is 11.6 Å². The van der Waals surface area contributed by atoms with Gasteiger partial charge in [-0.05, 0) is 47.5 Å². The Bertz CT molecular complexity index is 525. The summed E-state index contributed by atoms with van der Waals surface area (Å²) < 4.78 is 14.1. The van der Waals surface area contributed by atoms with Crippen LogP contribution in [-0.4, -0.2) is 13.6 Å². The molecule has 1 aromatic heterocycles. The highest BCUT2D eigenvalue weighted by Crippen LogP contribution is 2.24. The Morgan fingerprint density at radius 3 is 2.85 bits per heavy atom. The van der Waals surface area contributed by atoms with Gasteiger partial charge in [0.2, 0.25) is 0 Å². The van der Waals surface area contributed by atoms with Crippen molar-refractivity contribution in [1.82, 2.24) is 5.32 Å². The van der Waals surface area contributed by atoms with Crippen molar-refractivity contribution < 1.29 is 4.39 Å². The minimum Gasteiger partial charge on any atom is -0.370 e. The van der Waals surface area contributed by atoms with Gasteiger partial charge >= 0.3 is 0 Å². The molecule has 0 saturated carbocycles. The molecule has 0 saturated heterocycles. The van der Waals surface area contributed by atoms with Crippen molar-refractivity contribution in [3.63, 3.8) is 0 Å². The van der Waals surface area contributed by atoms with E-state index in [-0.39, 0.29) is 5.82 Å². The number of nitrogens with one attached hydrogen (secondary N) is 1. The van der Waals surface area contributed by atoms with Gasteiger partial charge in [0.15, 0.2) is 0 Å². The van der Waals surface area contributed by atoms with Crippen LogP contribution in [0.4, 0.5) is 10.1 Å². The number of benzene rings is 1. The van der Waals surface area contributed by atoms with Gasteiger partial charge in [0.1, 0.15) is 5.82 Å². The second-order valence-electron chi connectivity index (χ2n) is 4.90. The van der Waals surface area contributed by atoms with Gasteiger partial charge in [0.05, 0.1) is 0 Å². The van der Waals surface area contributed by atoms with Gasteiger partial charge in [-0.2, -0.15) is 11.3 Å². The molecule has 20 heavy (non-hydrogen) atoms. The molecule has 108 valence electrons. The van der Waals surface area contributed by atoms with E-state index in [9.17, 15) is 4.39 Å². The first-order valence-electron chi connectivity index (χ1n) is 6.92. The molecule has 2 rings (SSSR count). The number of halogens is 1. The molecule has 0 aliphatic carbocycles. The van der Waals surface area contributed by atoms with Crippen molar-refractivity contribution in [2.24, 2.45) is 0 Å². The van der Waals surface area contributed by atoms with Gasteiger partial charge in [0, 0.05) is 31.4 Å². The lowest BCUT2D eigenvalue weighted by atomic mass is 10.1. The summed E-state index contributed by atoms with van der Waals surface area (Å²) in [7, 11) is 2.01. The third-order valence-electron chi connectivity index (χ3n) is 3.23. The Labute approximate surface area is 124 Å². The monoisotopic (exact) mass is 292 g/mol. The molecule has 0 aliphatic rings. The zero-order valence-electron chi connectivity index (χ0n) is 12.0. The molecule has 0 amide bonds. The van der Waals surface area contributed by atoms with Gasteiger partial charge in [-0.3, -0.25) is 0 Å². The van der Waals surface area contributed by atoms with Crippen molar-refractivity contribution in [1.29, 1.82) is 0 Å². The van der Waals surface area contributed by atoms with E-state index in [1.54, 1.807) is 17.4 Å². The van der Waals surface area contributed by atoms with Crippen LogP contribution in [0.25, 0.3) is 0 Å². The average molecular weight is 292 g/mol. The van der Waals surface area contributed by atoms with Crippen LogP contribution < -0.4 is 10.2 Å². The molecule has 1 heterocycles. The largest absolute Gasteiger partial charge is 0.370 e. The average Bonchev–Trinajstić information content (AvgIpc) is 2.93. The highest BCUT2D eigenvalue weighted by molar-refractivity contribution is 7.07. The first-order chi connectivity index (χ1) is 9.72. The smallest absolute Gasteiger partial charge is 0.129 e. The van der Waals surface area contributed by atoms with Gasteiger partial charge < -0.3 is 10.2 Å². The Morgan fingerprint density at radius 2 is 2.15 bits per heavy atom. The lowest BCUT2D eigenvalue weighted by Crippen LogP contribution is -2.21. The fourth-order valence-corrected chi connectivity index (χ4v) is 2.87. The number of nitrogens with zero attached hydrogens (tertiary/aromatic N) is 1. The molecule has 2 nitrogen and oxygen atoms in total. The fraction of sp³-hybridized carbons (Fsp3) is 0.375. The number of hydrogen-bond acceptors (Lipinski definition) is 3. The third kappa shape index (κ3) is 3.81. The van der Waals surface area contributed by atoms with E-state index in [2.05, 4.69) is 34.0 Å². The lowest BCUT2D eigenvalue weighted by molar-refractivity contribution is 0.585. The van der Waals surface area contributed by atoms with Gasteiger partial charge in [-0.25, -0.2) is 4.39 Å². The molecule has 2 aromatic rings. The zero-order valence-corrected chi connectivity index (χ0v) is 12.8. The summed E-state index contributed by atoms with van der Waals surface area (Å²) in [6.07, 6.45) is 1.05. The van der Waals surface area contributed by atoms with Gasteiger partial charge in [0.25, 0.3) is 0 Å². The highest BCUT2D eigenvalue weighted by Gasteiger charge is 2.12. The number of rotatable bonds is 7. The summed E-state index contributed by atoms with van der Waals surface area (Å²) in [4.78, 5) is 2.11. The summed E-state index contributed by atoms with van der Waals surface area (Å²) in [5.74, 6) is -0.136. The summed E-state index contributed by atoms with van der Waals surface area (Å²) >= 11 is 1.69. The summed E-state index contributed by atoms with van der Waals surface area (Å²) in [5.41, 5.74) is 2.97. The minimum absolute atomic E-state index is 0.136. The van der Waals surface area contributed by atoms with Crippen LogP contribution in [0.1, 0.15) is 24.5 Å². The van der Waals surface area contributed by atoms with E-state index in [1.807, 2.05) is 13.1 Å². The topological polar surface area (TPSA) is 15.3 Å². The molecule has 4 heteroatoms. The van der Waals surface area contributed by atoms with Crippen LogP contribution in [0.2, 0.25) is 0 Å². The van der Waals surface area contributed by atoms with Gasteiger partial charge in [-0.1, -0.05) is 13.0 Å². The molecule has 0 unspecified atom stereocenters. The maximum atomic E-state index is 14.1. The molecule has 0 bridgehead atoms. The van der Waals surface area contributed by atoms with Gasteiger partial charge in [-0.15, -0.1) is 0 Å². The molecule has 1 N–H and O–H groups in total. The number of hydrogen-bond donors (Lipinski definition) is 1. The second-order valence-corrected chi connectivity index (χ2v) is 5.68. The zero-order chi connectivity index (χ0) is 14.4. The standard InChI is InChI=1S/C16H21FN2S/c1-3-8-18-10-14-15(17)5-4-6-16(14)19(2)11-13-7-9-20-12-13/h4-7,9,12,18H,3,8,10-11H2,1-2H3. The summed E-state index contributed by atoms with van der Waals surface area (Å²) in [6.45, 7) is 4.39. The Hall–Kier alpha value is -1.39. The molecule has 0 atom stereocenters. The van der Waals surface area contributed by atoms with Crippen LogP contribution in [-0.2, 0) is 13.1 Å².